The van der Waals surface area contributed by atoms with E-state index >= 15 is 0 Å². The van der Waals surface area contributed by atoms with Gasteiger partial charge in [0.1, 0.15) is 0 Å². The lowest BCUT2D eigenvalue weighted by Crippen LogP contribution is -2.22. The highest BCUT2D eigenvalue weighted by Gasteiger charge is 2.26. The number of fused-ring (bicyclic) bond motifs is 1. The van der Waals surface area contributed by atoms with E-state index in [9.17, 15) is 8.42 Å². The Balaban J connectivity index is 2.68. The molecule has 0 saturated carbocycles. The van der Waals surface area contributed by atoms with Gasteiger partial charge in [-0.3, -0.25) is 4.98 Å². The lowest BCUT2D eigenvalue weighted by atomic mass is 10.6. The third kappa shape index (κ3) is 1.63. The molecule has 86 valence electrons. The monoisotopic (exact) mass is 261 g/mol. The Labute approximate surface area is 96.4 Å². The van der Waals surface area contributed by atoms with Gasteiger partial charge in [-0.15, -0.1) is 16.7 Å². The molecule has 0 saturated heterocycles. The van der Waals surface area contributed by atoms with Crippen LogP contribution in [-0.4, -0.2) is 44.6 Å². The maximum Gasteiger partial charge on any atom is 0.201 e. The summed E-state index contributed by atoms with van der Waals surface area (Å²) in [6, 6.07) is 0. The Hall–Kier alpha value is -1.28. The van der Waals surface area contributed by atoms with Gasteiger partial charge >= 0.3 is 0 Å². The molecule has 2 aromatic rings. The molecule has 2 heterocycles. The molecular formula is C7H8ClN5O2S. The zero-order chi connectivity index (χ0) is 11.8. The van der Waals surface area contributed by atoms with Crippen molar-refractivity contribution in [1.82, 2.24) is 25.0 Å². The molecule has 2 rings (SSSR count). The fraction of sp³-hybridized carbons (Fsp3) is 0.429. The van der Waals surface area contributed by atoms with E-state index in [2.05, 4.69) is 20.5 Å². The van der Waals surface area contributed by atoms with E-state index in [1.54, 1.807) is 0 Å². The minimum atomic E-state index is -3.56. The number of hydrogen-bond acceptors (Lipinski definition) is 6. The van der Waals surface area contributed by atoms with Crippen LogP contribution in [0, 0.1) is 0 Å². The van der Waals surface area contributed by atoms with E-state index in [0.29, 0.717) is 0 Å². The zero-order valence-corrected chi connectivity index (χ0v) is 9.85. The van der Waals surface area contributed by atoms with Crippen molar-refractivity contribution >= 4 is 27.1 Å². The predicted octanol–water partition coefficient (Wildman–Crippen LogP) is -0.0797. The highest BCUT2D eigenvalue weighted by molar-refractivity contribution is 7.92. The number of rotatable bonds is 3. The van der Waals surface area contributed by atoms with E-state index in [-0.39, 0.29) is 16.6 Å². The fourth-order valence-electron chi connectivity index (χ4n) is 1.14. The highest BCUT2D eigenvalue weighted by atomic mass is 35.5. The Morgan fingerprint density at radius 1 is 1.50 bits per heavy atom. The van der Waals surface area contributed by atoms with Gasteiger partial charge in [0, 0.05) is 5.88 Å². The summed E-state index contributed by atoms with van der Waals surface area (Å²) < 4.78 is 25.2. The summed E-state index contributed by atoms with van der Waals surface area (Å²) in [6.45, 7) is 1.52. The normalized spacial score (nSPS) is 14.1. The molecule has 0 amide bonds. The van der Waals surface area contributed by atoms with Crippen LogP contribution >= 0.6 is 11.6 Å². The molecular weight excluding hydrogens is 254 g/mol. The summed E-state index contributed by atoms with van der Waals surface area (Å²) in [5.41, 5.74) is 0.280. The second-order valence-corrected chi connectivity index (χ2v) is 5.83. The SMILES string of the molecule is CC(CCl)S(=O)(=O)c1cncc2nnnn12. The first-order valence-corrected chi connectivity index (χ1v) is 6.47. The van der Waals surface area contributed by atoms with Gasteiger partial charge in [0.25, 0.3) is 0 Å². The third-order valence-corrected chi connectivity index (χ3v) is 4.85. The van der Waals surface area contributed by atoms with Crippen LogP contribution < -0.4 is 0 Å². The number of tetrazole rings is 1. The van der Waals surface area contributed by atoms with Gasteiger partial charge in [-0.2, -0.15) is 4.52 Å². The van der Waals surface area contributed by atoms with Crippen LogP contribution in [-0.2, 0) is 9.84 Å². The van der Waals surface area contributed by atoms with Crippen molar-refractivity contribution in [3.63, 3.8) is 0 Å². The Bertz CT molecular complexity index is 610. The summed E-state index contributed by atoms with van der Waals surface area (Å²) in [7, 11) is -3.56. The first-order valence-electron chi connectivity index (χ1n) is 4.39. The number of nitrogens with zero attached hydrogens (tertiary/aromatic N) is 5. The molecule has 0 aliphatic rings. The summed E-state index contributed by atoms with van der Waals surface area (Å²) in [5.74, 6) is 0.000840. The third-order valence-electron chi connectivity index (χ3n) is 2.12. The minimum absolute atomic E-state index is 0.000840. The van der Waals surface area contributed by atoms with E-state index < -0.39 is 15.1 Å². The first kappa shape index (κ1) is 11.2. The van der Waals surface area contributed by atoms with Crippen molar-refractivity contribution in [2.45, 2.75) is 17.2 Å². The molecule has 0 fully saturated rings. The smallest absolute Gasteiger partial charge is 0.201 e. The van der Waals surface area contributed by atoms with Gasteiger partial charge in [-0.05, 0) is 17.4 Å². The van der Waals surface area contributed by atoms with Gasteiger partial charge in [0.15, 0.2) is 10.7 Å². The molecule has 2 aromatic heterocycles. The van der Waals surface area contributed by atoms with Crippen LogP contribution in [0.4, 0.5) is 0 Å². The average molecular weight is 262 g/mol. The van der Waals surface area contributed by atoms with E-state index in [4.69, 9.17) is 11.6 Å². The first-order chi connectivity index (χ1) is 7.57. The maximum absolute atomic E-state index is 12.0. The standard InChI is InChI=1S/C7H8ClN5O2S/c1-5(2-8)16(14,15)7-4-9-3-6-10-11-12-13(6)7/h3-5H,2H2,1H3. The van der Waals surface area contributed by atoms with Crippen LogP contribution in [0.2, 0.25) is 0 Å². The number of hydrogen-bond donors (Lipinski definition) is 0. The number of alkyl halides is 1. The van der Waals surface area contributed by atoms with Crippen molar-refractivity contribution in [2.75, 3.05) is 5.88 Å². The molecule has 9 heteroatoms. The van der Waals surface area contributed by atoms with Gasteiger partial charge in [0.2, 0.25) is 9.84 Å². The van der Waals surface area contributed by atoms with Crippen molar-refractivity contribution < 1.29 is 8.42 Å². The Morgan fingerprint density at radius 2 is 2.25 bits per heavy atom. The van der Waals surface area contributed by atoms with Crippen LogP contribution in [0.1, 0.15) is 6.92 Å². The molecule has 0 aliphatic carbocycles. The molecule has 0 aromatic carbocycles. The minimum Gasteiger partial charge on any atom is -0.258 e. The van der Waals surface area contributed by atoms with E-state index in [0.717, 1.165) is 4.52 Å². The molecule has 16 heavy (non-hydrogen) atoms. The van der Waals surface area contributed by atoms with Crippen LogP contribution in [0.25, 0.3) is 5.65 Å². The van der Waals surface area contributed by atoms with Crippen molar-refractivity contribution in [3.05, 3.63) is 12.4 Å². The predicted molar refractivity (Wildman–Crippen MR) is 55.9 cm³/mol. The summed E-state index contributed by atoms with van der Waals surface area (Å²) in [4.78, 5) is 3.78. The molecule has 1 unspecified atom stereocenters. The zero-order valence-electron chi connectivity index (χ0n) is 8.28. The van der Waals surface area contributed by atoms with Crippen molar-refractivity contribution in [2.24, 2.45) is 0 Å². The van der Waals surface area contributed by atoms with Crippen LogP contribution in [0.15, 0.2) is 17.4 Å². The van der Waals surface area contributed by atoms with Crippen LogP contribution in [0.5, 0.6) is 0 Å². The second kappa shape index (κ2) is 3.95. The molecule has 7 nitrogen and oxygen atoms in total. The Morgan fingerprint density at radius 3 is 2.94 bits per heavy atom. The molecule has 0 N–H and O–H groups in total. The number of aromatic nitrogens is 5. The van der Waals surface area contributed by atoms with E-state index in [1.165, 1.54) is 19.3 Å². The topological polar surface area (TPSA) is 90.1 Å². The highest BCUT2D eigenvalue weighted by Crippen LogP contribution is 2.15. The van der Waals surface area contributed by atoms with Crippen molar-refractivity contribution in [3.8, 4) is 0 Å². The Kier molecular flexibility index (Phi) is 2.76. The number of sulfone groups is 1. The summed E-state index contributed by atoms with van der Waals surface area (Å²) in [6.07, 6.45) is 2.59. The van der Waals surface area contributed by atoms with Crippen LogP contribution in [0.3, 0.4) is 0 Å². The van der Waals surface area contributed by atoms with Gasteiger partial charge in [-0.25, -0.2) is 8.42 Å². The summed E-state index contributed by atoms with van der Waals surface area (Å²) >= 11 is 5.55. The van der Waals surface area contributed by atoms with Gasteiger partial charge in [0.05, 0.1) is 17.6 Å². The summed E-state index contributed by atoms with van der Waals surface area (Å²) in [5, 5.41) is 9.83. The molecule has 0 aliphatic heterocycles. The van der Waals surface area contributed by atoms with Crippen molar-refractivity contribution in [1.29, 1.82) is 0 Å². The molecule has 0 spiro atoms. The van der Waals surface area contributed by atoms with Gasteiger partial charge in [-0.1, -0.05) is 0 Å². The van der Waals surface area contributed by atoms with Gasteiger partial charge < -0.3 is 0 Å². The lowest BCUT2D eigenvalue weighted by molar-refractivity contribution is 0.576. The average Bonchev–Trinajstić information content (AvgIpc) is 2.75. The lowest BCUT2D eigenvalue weighted by Gasteiger charge is -2.09. The molecule has 0 bridgehead atoms. The second-order valence-electron chi connectivity index (χ2n) is 3.20. The molecule has 1 atom stereocenters. The quantitative estimate of drug-likeness (QED) is 0.718. The fourth-order valence-corrected chi connectivity index (χ4v) is 2.79. The molecule has 0 radical (unpaired) electrons. The van der Waals surface area contributed by atoms with E-state index in [1.807, 2.05) is 0 Å². The maximum atomic E-state index is 12.0. The largest absolute Gasteiger partial charge is 0.258 e. The number of halogens is 1.